The van der Waals surface area contributed by atoms with E-state index in [4.69, 9.17) is 9.47 Å². The summed E-state index contributed by atoms with van der Waals surface area (Å²) in [5.74, 6) is 1.85. The summed E-state index contributed by atoms with van der Waals surface area (Å²) in [7, 11) is 3.17. The largest absolute Gasteiger partial charge is 0.497 e. The van der Waals surface area contributed by atoms with Crippen LogP contribution in [0.3, 0.4) is 0 Å². The lowest BCUT2D eigenvalue weighted by molar-refractivity contribution is 0.177. The van der Waals surface area contributed by atoms with Crippen molar-refractivity contribution in [1.29, 1.82) is 0 Å². The third-order valence-corrected chi connectivity index (χ3v) is 4.58. The number of methoxy groups -OCH3 is 2. The first-order valence-electron chi connectivity index (χ1n) is 8.43. The summed E-state index contributed by atoms with van der Waals surface area (Å²) in [6, 6.07) is 5.26. The van der Waals surface area contributed by atoms with Gasteiger partial charge in [0.25, 0.3) is 0 Å². The predicted molar refractivity (Wildman–Crippen MR) is 95.1 cm³/mol. The molecule has 7 nitrogen and oxygen atoms in total. The molecule has 0 atom stereocenters. The third-order valence-electron chi connectivity index (χ3n) is 4.58. The van der Waals surface area contributed by atoms with Crippen molar-refractivity contribution in [3.8, 4) is 11.5 Å². The van der Waals surface area contributed by atoms with E-state index < -0.39 is 0 Å². The maximum atomic E-state index is 12.5. The van der Waals surface area contributed by atoms with E-state index in [1.54, 1.807) is 38.6 Å². The summed E-state index contributed by atoms with van der Waals surface area (Å²) in [5.41, 5.74) is 0.647. The van der Waals surface area contributed by atoms with Crippen LogP contribution in [0, 0.1) is 5.92 Å². The molecule has 0 radical (unpaired) electrons. The number of nitrogens with zero attached hydrogens (tertiary/aromatic N) is 3. The highest BCUT2D eigenvalue weighted by Crippen LogP contribution is 2.29. The Labute approximate surface area is 147 Å². The zero-order valence-corrected chi connectivity index (χ0v) is 14.6. The lowest BCUT2D eigenvalue weighted by Gasteiger charge is -2.32. The van der Waals surface area contributed by atoms with Crippen molar-refractivity contribution in [2.75, 3.05) is 32.6 Å². The summed E-state index contributed by atoms with van der Waals surface area (Å²) >= 11 is 0. The lowest BCUT2D eigenvalue weighted by Crippen LogP contribution is -2.41. The van der Waals surface area contributed by atoms with E-state index in [0.29, 0.717) is 23.1 Å². The van der Waals surface area contributed by atoms with Gasteiger partial charge < -0.3 is 24.3 Å². The number of benzene rings is 1. The van der Waals surface area contributed by atoms with E-state index in [1.807, 2.05) is 17.4 Å². The van der Waals surface area contributed by atoms with Gasteiger partial charge in [-0.15, -0.1) is 0 Å². The summed E-state index contributed by atoms with van der Waals surface area (Å²) in [6.07, 6.45) is 7.60. The van der Waals surface area contributed by atoms with Crippen molar-refractivity contribution in [1.82, 2.24) is 14.5 Å². The number of nitrogens with one attached hydrogen (secondary N) is 1. The van der Waals surface area contributed by atoms with Crippen LogP contribution in [0.5, 0.6) is 11.5 Å². The van der Waals surface area contributed by atoms with Crippen molar-refractivity contribution in [3.05, 3.63) is 36.9 Å². The molecule has 2 aromatic rings. The first-order chi connectivity index (χ1) is 12.2. The smallest absolute Gasteiger partial charge is 0.321 e. The number of carbonyl (C=O) groups excluding carboxylic acids is 1. The van der Waals surface area contributed by atoms with Gasteiger partial charge in [0.1, 0.15) is 11.5 Å². The van der Waals surface area contributed by atoms with E-state index >= 15 is 0 Å². The number of hydrogen-bond donors (Lipinski definition) is 1. The van der Waals surface area contributed by atoms with E-state index in [1.165, 1.54) is 0 Å². The molecule has 3 rings (SSSR count). The Morgan fingerprint density at radius 1 is 1.28 bits per heavy atom. The summed E-state index contributed by atoms with van der Waals surface area (Å²) in [4.78, 5) is 18.5. The molecule has 1 aliphatic rings. The number of ether oxygens (including phenoxy) is 2. The molecule has 1 aliphatic heterocycles. The van der Waals surface area contributed by atoms with Gasteiger partial charge in [-0.05, 0) is 30.9 Å². The van der Waals surface area contributed by atoms with Gasteiger partial charge in [0, 0.05) is 38.1 Å². The number of hydrogen-bond acceptors (Lipinski definition) is 4. The minimum Gasteiger partial charge on any atom is -0.497 e. The summed E-state index contributed by atoms with van der Waals surface area (Å²) in [6.45, 7) is 2.47. The Hall–Kier alpha value is -2.70. The maximum Gasteiger partial charge on any atom is 0.321 e. The molecule has 0 saturated carbocycles. The van der Waals surface area contributed by atoms with Crippen molar-refractivity contribution in [2.45, 2.75) is 19.4 Å². The molecule has 25 heavy (non-hydrogen) atoms. The minimum absolute atomic E-state index is 0.0930. The van der Waals surface area contributed by atoms with Crippen molar-refractivity contribution in [3.63, 3.8) is 0 Å². The van der Waals surface area contributed by atoms with Crippen LogP contribution in [0.2, 0.25) is 0 Å². The fourth-order valence-electron chi connectivity index (χ4n) is 3.11. The average Bonchev–Trinajstić information content (AvgIpc) is 3.15. The molecule has 2 heterocycles. The fraction of sp³-hybridized carbons (Fsp3) is 0.444. The SMILES string of the molecule is COc1ccc(NC(=O)N2CCC(Cn3ccnc3)CC2)c(OC)c1. The Morgan fingerprint density at radius 3 is 2.72 bits per heavy atom. The maximum absolute atomic E-state index is 12.5. The number of imidazole rings is 1. The van der Waals surface area contributed by atoms with Gasteiger partial charge in [0.15, 0.2) is 0 Å². The standard InChI is InChI=1S/C18H24N4O3/c1-24-15-3-4-16(17(11-15)25-2)20-18(23)22-8-5-14(6-9-22)12-21-10-7-19-13-21/h3-4,7,10-11,13-14H,5-6,8-9,12H2,1-2H3,(H,20,23). The second-order valence-corrected chi connectivity index (χ2v) is 6.19. The van der Waals surface area contributed by atoms with Gasteiger partial charge in [-0.1, -0.05) is 0 Å². The summed E-state index contributed by atoms with van der Waals surface area (Å²) in [5, 5.41) is 2.93. The quantitative estimate of drug-likeness (QED) is 0.905. The number of rotatable bonds is 5. The van der Waals surface area contributed by atoms with Gasteiger partial charge in [-0.2, -0.15) is 0 Å². The van der Waals surface area contributed by atoms with Crippen LogP contribution in [-0.2, 0) is 6.54 Å². The molecule has 1 aromatic heterocycles. The van der Waals surface area contributed by atoms with E-state index in [9.17, 15) is 4.79 Å². The molecule has 7 heteroatoms. The second kappa shape index (κ2) is 7.92. The Bertz CT molecular complexity index is 694. The number of anilines is 1. The van der Waals surface area contributed by atoms with Crippen LogP contribution in [0.25, 0.3) is 0 Å². The monoisotopic (exact) mass is 344 g/mol. The zero-order chi connectivity index (χ0) is 17.6. The molecule has 0 unspecified atom stereocenters. The van der Waals surface area contributed by atoms with Gasteiger partial charge in [0.05, 0.1) is 26.2 Å². The van der Waals surface area contributed by atoms with Gasteiger partial charge in [0.2, 0.25) is 0 Å². The number of carbonyl (C=O) groups is 1. The zero-order valence-electron chi connectivity index (χ0n) is 14.6. The molecule has 0 bridgehead atoms. The second-order valence-electron chi connectivity index (χ2n) is 6.19. The van der Waals surface area contributed by atoms with Gasteiger partial charge in [-0.3, -0.25) is 0 Å². The molecular weight excluding hydrogens is 320 g/mol. The van der Waals surface area contributed by atoms with Crippen LogP contribution >= 0.6 is 0 Å². The normalized spacial score (nSPS) is 15.0. The van der Waals surface area contributed by atoms with Crippen molar-refractivity contribution >= 4 is 11.7 Å². The van der Waals surface area contributed by atoms with Crippen LogP contribution in [-0.4, -0.2) is 47.8 Å². The first-order valence-corrected chi connectivity index (χ1v) is 8.43. The third kappa shape index (κ3) is 4.23. The Balaban J connectivity index is 1.54. The topological polar surface area (TPSA) is 68.6 Å². The minimum atomic E-state index is -0.0930. The lowest BCUT2D eigenvalue weighted by atomic mass is 9.97. The Morgan fingerprint density at radius 2 is 2.08 bits per heavy atom. The van der Waals surface area contributed by atoms with E-state index in [2.05, 4.69) is 14.9 Å². The van der Waals surface area contributed by atoms with E-state index in [-0.39, 0.29) is 6.03 Å². The molecule has 1 N–H and O–H groups in total. The summed E-state index contributed by atoms with van der Waals surface area (Å²) < 4.78 is 12.6. The van der Waals surface area contributed by atoms with Gasteiger partial charge in [-0.25, -0.2) is 9.78 Å². The highest BCUT2D eigenvalue weighted by molar-refractivity contribution is 5.91. The van der Waals surface area contributed by atoms with Crippen LogP contribution < -0.4 is 14.8 Å². The van der Waals surface area contributed by atoms with Crippen LogP contribution in [0.15, 0.2) is 36.9 Å². The Kier molecular flexibility index (Phi) is 5.42. The number of amides is 2. The fourth-order valence-corrected chi connectivity index (χ4v) is 3.11. The van der Waals surface area contributed by atoms with E-state index in [0.717, 1.165) is 32.5 Å². The number of piperidine rings is 1. The van der Waals surface area contributed by atoms with Crippen LogP contribution in [0.4, 0.5) is 10.5 Å². The number of urea groups is 1. The molecule has 0 spiro atoms. The van der Waals surface area contributed by atoms with Crippen molar-refractivity contribution < 1.29 is 14.3 Å². The highest BCUT2D eigenvalue weighted by Gasteiger charge is 2.23. The molecule has 1 fully saturated rings. The molecule has 2 amide bonds. The molecule has 134 valence electrons. The molecule has 1 saturated heterocycles. The molecular formula is C18H24N4O3. The first kappa shape index (κ1) is 17.1. The van der Waals surface area contributed by atoms with Crippen molar-refractivity contribution in [2.24, 2.45) is 5.92 Å². The predicted octanol–water partition coefficient (Wildman–Crippen LogP) is 2.84. The number of aromatic nitrogens is 2. The molecule has 0 aliphatic carbocycles. The molecule has 1 aromatic carbocycles. The van der Waals surface area contributed by atoms with Gasteiger partial charge >= 0.3 is 6.03 Å². The number of likely N-dealkylation sites (tertiary alicyclic amines) is 1. The average molecular weight is 344 g/mol. The highest BCUT2D eigenvalue weighted by atomic mass is 16.5. The van der Waals surface area contributed by atoms with Crippen LogP contribution in [0.1, 0.15) is 12.8 Å².